The number of carbonyl (C=O) groups is 1. The number of nitrogens with one attached hydrogen (secondary N) is 1. The van der Waals surface area contributed by atoms with Crippen LogP contribution in [0.25, 0.3) is 11.3 Å². The maximum Gasteiger partial charge on any atom is 0.264 e. The Morgan fingerprint density at radius 1 is 0.935 bits per heavy atom. The van der Waals surface area contributed by atoms with Gasteiger partial charge >= 0.3 is 0 Å². The molecule has 242 valence electrons. The largest absolute Gasteiger partial charge is 0.472 e. The van der Waals surface area contributed by atoms with E-state index in [0.717, 1.165) is 48.8 Å². The van der Waals surface area contributed by atoms with Gasteiger partial charge in [-0.2, -0.15) is 4.98 Å². The molecule has 1 aromatic heterocycles. The van der Waals surface area contributed by atoms with Crippen LogP contribution in [-0.4, -0.2) is 47.4 Å². The van der Waals surface area contributed by atoms with E-state index in [1.807, 2.05) is 38.1 Å². The zero-order valence-electron chi connectivity index (χ0n) is 26.9. The monoisotopic (exact) mass is 640 g/mol. The van der Waals surface area contributed by atoms with Crippen LogP contribution in [0, 0.1) is 31.1 Å². The van der Waals surface area contributed by atoms with Crippen LogP contribution in [0.2, 0.25) is 0 Å². The molecule has 8 rings (SSSR count). The number of hydrogen-bond donors (Lipinski definition) is 1. The fourth-order valence-electron chi connectivity index (χ4n) is 8.53. The molecule has 46 heavy (non-hydrogen) atoms. The topological polar surface area (TPSA) is 101 Å². The molecule has 0 unspecified atom stereocenters. The Labute approximate surface area is 272 Å². The Bertz CT molecular complexity index is 1750. The van der Waals surface area contributed by atoms with Crippen LogP contribution in [0.1, 0.15) is 98.5 Å². The number of rotatable bonds is 5. The van der Waals surface area contributed by atoms with Crippen molar-refractivity contribution in [2.75, 3.05) is 4.72 Å². The molecule has 4 bridgehead atoms. The molecule has 0 radical (unpaired) electrons. The lowest BCUT2D eigenvalue weighted by Gasteiger charge is -2.49. The number of anilines is 1. The number of benzene rings is 2. The van der Waals surface area contributed by atoms with Gasteiger partial charge in [0.25, 0.3) is 15.9 Å². The van der Waals surface area contributed by atoms with E-state index in [4.69, 9.17) is 9.72 Å². The molecule has 1 amide bonds. The molecule has 4 fully saturated rings. The molecule has 1 N–H and O–H groups in total. The quantitative estimate of drug-likeness (QED) is 0.311. The van der Waals surface area contributed by atoms with Gasteiger partial charge in [0.2, 0.25) is 11.8 Å². The van der Waals surface area contributed by atoms with Crippen LogP contribution in [0.4, 0.5) is 5.95 Å². The van der Waals surface area contributed by atoms with Crippen LogP contribution in [0.3, 0.4) is 0 Å². The maximum absolute atomic E-state index is 14.8. The third kappa shape index (κ3) is 5.69. The first-order chi connectivity index (χ1) is 22.2. The molecule has 1 spiro atoms. The van der Waals surface area contributed by atoms with Gasteiger partial charge < -0.3 is 9.64 Å². The van der Waals surface area contributed by atoms with Crippen molar-refractivity contribution in [1.82, 2.24) is 14.9 Å². The van der Waals surface area contributed by atoms with Crippen molar-refractivity contribution in [3.63, 3.8) is 0 Å². The van der Waals surface area contributed by atoms with Gasteiger partial charge in [-0.3, -0.25) is 4.79 Å². The van der Waals surface area contributed by atoms with Crippen LogP contribution in [-0.2, 0) is 10.0 Å². The minimum atomic E-state index is -4.09. The predicted octanol–water partition coefficient (Wildman–Crippen LogP) is 7.46. The van der Waals surface area contributed by atoms with Crippen molar-refractivity contribution in [3.8, 4) is 17.1 Å². The molecule has 5 aliphatic rings. The number of hydrogen-bond acceptors (Lipinski definition) is 6. The summed E-state index contributed by atoms with van der Waals surface area (Å²) in [4.78, 5) is 26.4. The third-order valence-electron chi connectivity index (χ3n) is 11.4. The second-order valence-corrected chi connectivity index (χ2v) is 16.5. The van der Waals surface area contributed by atoms with Gasteiger partial charge in [-0.25, -0.2) is 18.1 Å². The fraction of sp³-hybridized carbons (Fsp3) is 0.541. The molecule has 3 aromatic rings. The van der Waals surface area contributed by atoms with E-state index in [-0.39, 0.29) is 34.9 Å². The fourth-order valence-corrected chi connectivity index (χ4v) is 9.52. The van der Waals surface area contributed by atoms with Crippen molar-refractivity contribution in [3.05, 3.63) is 65.2 Å². The van der Waals surface area contributed by atoms with Gasteiger partial charge in [0.05, 0.1) is 16.6 Å². The Balaban J connectivity index is 1.29. The number of aromatic nitrogens is 2. The summed E-state index contributed by atoms with van der Waals surface area (Å²) in [7, 11) is -4.09. The first kappa shape index (κ1) is 29.9. The van der Waals surface area contributed by atoms with Gasteiger partial charge in [-0.15, -0.1) is 0 Å². The molecular weight excluding hydrogens is 596 g/mol. The number of aryl methyl sites for hydroxylation is 2. The van der Waals surface area contributed by atoms with E-state index < -0.39 is 10.0 Å². The molecule has 4 saturated carbocycles. The van der Waals surface area contributed by atoms with Gasteiger partial charge in [0, 0.05) is 23.2 Å². The second kappa shape index (κ2) is 11.4. The van der Waals surface area contributed by atoms with E-state index in [1.54, 1.807) is 12.1 Å². The van der Waals surface area contributed by atoms with E-state index in [9.17, 15) is 13.2 Å². The molecule has 8 nitrogen and oxygen atoms in total. The molecular formula is C37H44N4O4S. The summed E-state index contributed by atoms with van der Waals surface area (Å²) in [5.41, 5.74) is 4.43. The summed E-state index contributed by atoms with van der Waals surface area (Å²) in [6, 6.07) is 14.4. The van der Waals surface area contributed by atoms with Crippen molar-refractivity contribution in [2.24, 2.45) is 17.3 Å². The minimum absolute atomic E-state index is 0.0240. The summed E-state index contributed by atoms with van der Waals surface area (Å²) in [5, 5.41) is 0. The van der Waals surface area contributed by atoms with Crippen molar-refractivity contribution in [2.45, 2.75) is 114 Å². The lowest BCUT2D eigenvalue weighted by Crippen LogP contribution is -2.59. The van der Waals surface area contributed by atoms with Crippen molar-refractivity contribution >= 4 is 21.9 Å². The lowest BCUT2D eigenvalue weighted by atomic mass is 9.74. The number of sulfonamides is 1. The van der Waals surface area contributed by atoms with Crippen LogP contribution in [0.15, 0.2) is 53.4 Å². The highest BCUT2D eigenvalue weighted by atomic mass is 32.2. The van der Waals surface area contributed by atoms with Gasteiger partial charge in [-0.1, -0.05) is 56.4 Å². The standard InChI is InChI=1S/C37H44N4O4S/c1-23-8-6-9-24(2)33(23)30-20-32-39-36(38-30)40-46(43,44)29-13-7-12-27(19-29)35(42)41(28-21-37(22-28)16-17-37)31(34(45-32)26-14-15-26)18-25-10-4-3-5-11-25/h6-9,12-13,19-20,25-26,28,31,34H,3-5,10-11,14-18,21-22H2,1-2H3,(H,38,39,40)/t31-,34-/m1/s1. The number of fused-ring (bicyclic) bond motifs is 4. The summed E-state index contributed by atoms with van der Waals surface area (Å²) < 4.78 is 37.2. The number of nitrogens with zero attached hydrogens (tertiary/aromatic N) is 3. The summed E-state index contributed by atoms with van der Waals surface area (Å²) in [6.07, 6.45) is 13.4. The molecule has 9 heteroatoms. The van der Waals surface area contributed by atoms with Crippen LogP contribution in [0.5, 0.6) is 5.88 Å². The van der Waals surface area contributed by atoms with Crippen molar-refractivity contribution in [1.29, 1.82) is 0 Å². The minimum Gasteiger partial charge on any atom is -0.472 e. The summed E-state index contributed by atoms with van der Waals surface area (Å²) in [5.74, 6) is 1.08. The SMILES string of the molecule is Cc1cccc(C)c1-c1cc2nc(n1)NS(=O)(=O)c1cccc(c1)C(=O)N(C1CC3(CC3)C1)[C@H](CC1CCCCC1)[C@@H](C1CC1)O2. The number of amides is 1. The average molecular weight is 641 g/mol. The second-order valence-electron chi connectivity index (χ2n) is 14.8. The highest BCUT2D eigenvalue weighted by Crippen LogP contribution is 2.62. The first-order valence-electron chi connectivity index (χ1n) is 17.3. The molecule has 1 aliphatic heterocycles. The van der Waals surface area contributed by atoms with Gasteiger partial charge in [0.15, 0.2) is 0 Å². The van der Waals surface area contributed by atoms with E-state index in [0.29, 0.717) is 34.4 Å². The maximum atomic E-state index is 14.8. The van der Waals surface area contributed by atoms with Crippen molar-refractivity contribution < 1.29 is 17.9 Å². The average Bonchev–Trinajstić information content (AvgIpc) is 3.94. The summed E-state index contributed by atoms with van der Waals surface area (Å²) >= 11 is 0. The smallest absolute Gasteiger partial charge is 0.264 e. The first-order valence-corrected chi connectivity index (χ1v) is 18.7. The predicted molar refractivity (Wildman–Crippen MR) is 177 cm³/mol. The third-order valence-corrected chi connectivity index (χ3v) is 12.7. The summed E-state index contributed by atoms with van der Waals surface area (Å²) in [6.45, 7) is 4.06. The Morgan fingerprint density at radius 2 is 1.65 bits per heavy atom. The van der Waals surface area contributed by atoms with Crippen LogP contribution >= 0.6 is 0 Å². The van der Waals surface area contributed by atoms with Crippen LogP contribution < -0.4 is 9.46 Å². The molecule has 0 saturated heterocycles. The zero-order valence-corrected chi connectivity index (χ0v) is 27.7. The Morgan fingerprint density at radius 3 is 2.35 bits per heavy atom. The Hall–Kier alpha value is -3.46. The highest BCUT2D eigenvalue weighted by molar-refractivity contribution is 7.92. The number of carbonyl (C=O) groups excluding carboxylic acids is 1. The van der Waals surface area contributed by atoms with Gasteiger partial charge in [0.1, 0.15) is 6.10 Å². The number of ether oxygens (including phenoxy) is 1. The van der Waals surface area contributed by atoms with E-state index >= 15 is 0 Å². The normalized spacial score (nSPS) is 25.8. The molecule has 4 aliphatic carbocycles. The van der Waals surface area contributed by atoms with Gasteiger partial charge in [-0.05, 0) is 105 Å². The lowest BCUT2D eigenvalue weighted by molar-refractivity contribution is -0.0207. The zero-order chi connectivity index (χ0) is 31.6. The van der Waals surface area contributed by atoms with E-state index in [2.05, 4.69) is 14.6 Å². The molecule has 2 aromatic carbocycles. The molecule has 2 atom stereocenters. The Kier molecular flexibility index (Phi) is 7.38. The molecule has 2 heterocycles. The van der Waals surface area contributed by atoms with E-state index in [1.165, 1.54) is 57.1 Å². The highest BCUT2D eigenvalue weighted by Gasteiger charge is 2.57.